The summed E-state index contributed by atoms with van der Waals surface area (Å²) in [4.78, 5) is 16.3. The van der Waals surface area contributed by atoms with Crippen LogP contribution in [0.15, 0.2) is 35.1 Å². The molecule has 0 atom stereocenters. The molecule has 21 heavy (non-hydrogen) atoms. The highest BCUT2D eigenvalue weighted by molar-refractivity contribution is 6.05. The molecule has 3 rings (SSSR count). The molecule has 1 amide bonds. The number of fused-ring (bicyclic) bond motifs is 1. The monoisotopic (exact) mass is 283 g/mol. The first-order chi connectivity index (χ1) is 10.1. The number of amides is 1. The summed E-state index contributed by atoms with van der Waals surface area (Å²) in [5.74, 6) is 0.268. The van der Waals surface area contributed by atoms with E-state index >= 15 is 0 Å². The summed E-state index contributed by atoms with van der Waals surface area (Å²) >= 11 is 0. The van der Waals surface area contributed by atoms with Crippen LogP contribution in [0, 0.1) is 0 Å². The number of pyridine rings is 1. The van der Waals surface area contributed by atoms with Crippen LogP contribution < -0.4 is 5.32 Å². The summed E-state index contributed by atoms with van der Waals surface area (Å²) in [6.45, 7) is 4.01. The predicted octanol–water partition coefficient (Wildman–Crippen LogP) is 2.39. The van der Waals surface area contributed by atoms with E-state index in [1.165, 1.54) is 12.4 Å². The fraction of sp³-hybridized carbons (Fsp3) is 0.214. The maximum atomic E-state index is 12.2. The van der Waals surface area contributed by atoms with Gasteiger partial charge in [-0.2, -0.15) is 5.10 Å². The van der Waals surface area contributed by atoms with Gasteiger partial charge in [0.1, 0.15) is 0 Å². The Morgan fingerprint density at radius 1 is 1.38 bits per heavy atom. The molecule has 0 unspecified atom stereocenters. The number of hydrogen-bond donors (Lipinski definition) is 1. The summed E-state index contributed by atoms with van der Waals surface area (Å²) < 4.78 is 5.15. The Balaban J connectivity index is 1.93. The van der Waals surface area contributed by atoms with E-state index in [0.29, 0.717) is 17.1 Å². The Bertz CT molecular complexity index is 782. The lowest BCUT2D eigenvalue weighted by Crippen LogP contribution is -2.13. The molecule has 7 heteroatoms. The molecule has 7 nitrogen and oxygen atoms in total. The van der Waals surface area contributed by atoms with Crippen molar-refractivity contribution in [3.8, 4) is 0 Å². The first-order valence-corrected chi connectivity index (χ1v) is 6.49. The van der Waals surface area contributed by atoms with Gasteiger partial charge in [-0.05, 0) is 24.1 Å². The molecule has 0 saturated carbocycles. The minimum Gasteiger partial charge on any atom is -0.336 e. The van der Waals surface area contributed by atoms with Gasteiger partial charge in [0.05, 0.1) is 16.6 Å². The highest BCUT2D eigenvalue weighted by atomic mass is 16.5. The van der Waals surface area contributed by atoms with Gasteiger partial charge in [0.2, 0.25) is 0 Å². The lowest BCUT2D eigenvalue weighted by molar-refractivity contribution is 0.102. The van der Waals surface area contributed by atoms with Crippen molar-refractivity contribution in [3.05, 3.63) is 41.9 Å². The fourth-order valence-corrected chi connectivity index (χ4v) is 1.95. The number of nitrogens with one attached hydrogen (secondary N) is 1. The predicted molar refractivity (Wildman–Crippen MR) is 75.9 cm³/mol. The van der Waals surface area contributed by atoms with Crippen molar-refractivity contribution in [1.82, 2.24) is 20.3 Å². The molecule has 0 aromatic carbocycles. The molecule has 3 aromatic rings. The highest BCUT2D eigenvalue weighted by Gasteiger charge is 2.16. The molecule has 0 spiro atoms. The van der Waals surface area contributed by atoms with Crippen molar-refractivity contribution in [1.29, 1.82) is 0 Å². The normalized spacial score (nSPS) is 11.0. The van der Waals surface area contributed by atoms with Crippen molar-refractivity contribution in [2.24, 2.45) is 0 Å². The Morgan fingerprint density at radius 3 is 2.95 bits per heavy atom. The standard InChI is InChI=1S/C14H13N5O2/c1-8(2)12-10-6-9(7-15-14(10)21-19-12)13(20)17-11-4-3-5-16-18-11/h3-8H,1-2H3,(H,17,18,20). The molecule has 0 saturated heterocycles. The number of carbonyl (C=O) groups excluding carboxylic acids is 1. The summed E-state index contributed by atoms with van der Waals surface area (Å²) in [5, 5.41) is 14.9. The maximum Gasteiger partial charge on any atom is 0.258 e. The third-order valence-corrected chi connectivity index (χ3v) is 2.98. The molecule has 0 radical (unpaired) electrons. The molecule has 0 fully saturated rings. The molecule has 0 aliphatic rings. The second-order valence-corrected chi connectivity index (χ2v) is 4.86. The van der Waals surface area contributed by atoms with Gasteiger partial charge in [-0.1, -0.05) is 19.0 Å². The molecular weight excluding hydrogens is 270 g/mol. The maximum absolute atomic E-state index is 12.2. The van der Waals surface area contributed by atoms with Gasteiger partial charge in [0.25, 0.3) is 11.6 Å². The molecule has 1 N–H and O–H groups in total. The van der Waals surface area contributed by atoms with E-state index in [1.807, 2.05) is 13.8 Å². The number of aromatic nitrogens is 4. The topological polar surface area (TPSA) is 93.8 Å². The van der Waals surface area contributed by atoms with Crippen molar-refractivity contribution in [3.63, 3.8) is 0 Å². The smallest absolute Gasteiger partial charge is 0.258 e. The SMILES string of the molecule is CC(C)c1noc2ncc(C(=O)Nc3cccnn3)cc12. The Hall–Kier alpha value is -2.83. The second-order valence-electron chi connectivity index (χ2n) is 4.86. The van der Waals surface area contributed by atoms with Crippen LogP contribution >= 0.6 is 0 Å². The third kappa shape index (κ3) is 2.58. The number of anilines is 1. The second kappa shape index (κ2) is 5.28. The zero-order chi connectivity index (χ0) is 14.8. The lowest BCUT2D eigenvalue weighted by atomic mass is 10.1. The summed E-state index contributed by atoms with van der Waals surface area (Å²) in [6.07, 6.45) is 2.98. The average molecular weight is 283 g/mol. The van der Waals surface area contributed by atoms with Crippen molar-refractivity contribution in [2.45, 2.75) is 19.8 Å². The molecule has 3 aromatic heterocycles. The van der Waals surface area contributed by atoms with E-state index in [0.717, 1.165) is 11.1 Å². The minimum absolute atomic E-state index is 0.186. The molecule has 106 valence electrons. The van der Waals surface area contributed by atoms with E-state index in [9.17, 15) is 4.79 Å². The Labute approximate surface area is 120 Å². The van der Waals surface area contributed by atoms with Crippen molar-refractivity contribution < 1.29 is 9.32 Å². The zero-order valence-corrected chi connectivity index (χ0v) is 11.6. The van der Waals surface area contributed by atoms with E-state index < -0.39 is 0 Å². The first kappa shape index (κ1) is 13.2. The van der Waals surface area contributed by atoms with Gasteiger partial charge in [-0.15, -0.1) is 5.10 Å². The highest BCUT2D eigenvalue weighted by Crippen LogP contribution is 2.24. The van der Waals surface area contributed by atoms with Crippen LogP contribution in [0.25, 0.3) is 11.1 Å². The number of hydrogen-bond acceptors (Lipinski definition) is 6. The Kier molecular flexibility index (Phi) is 3.31. The van der Waals surface area contributed by atoms with Crippen LogP contribution in [-0.2, 0) is 0 Å². The summed E-state index contributed by atoms with van der Waals surface area (Å²) in [5.41, 5.74) is 1.62. The Morgan fingerprint density at radius 2 is 2.24 bits per heavy atom. The van der Waals surface area contributed by atoms with Gasteiger partial charge >= 0.3 is 0 Å². The van der Waals surface area contributed by atoms with E-state index in [2.05, 4.69) is 25.7 Å². The van der Waals surface area contributed by atoms with E-state index in [1.54, 1.807) is 18.2 Å². The average Bonchev–Trinajstić information content (AvgIpc) is 2.91. The molecular formula is C14H13N5O2. The quantitative estimate of drug-likeness (QED) is 0.793. The van der Waals surface area contributed by atoms with Gasteiger partial charge < -0.3 is 9.84 Å². The van der Waals surface area contributed by atoms with Crippen LogP contribution in [0.4, 0.5) is 5.82 Å². The van der Waals surface area contributed by atoms with Gasteiger partial charge in [-0.3, -0.25) is 4.79 Å². The van der Waals surface area contributed by atoms with Crippen molar-refractivity contribution in [2.75, 3.05) is 5.32 Å². The van der Waals surface area contributed by atoms with Gasteiger partial charge in [0.15, 0.2) is 5.82 Å². The molecule has 0 aliphatic heterocycles. The largest absolute Gasteiger partial charge is 0.336 e. The molecule has 3 heterocycles. The van der Waals surface area contributed by atoms with Gasteiger partial charge in [-0.25, -0.2) is 4.98 Å². The van der Waals surface area contributed by atoms with Crippen LogP contribution in [0.5, 0.6) is 0 Å². The van der Waals surface area contributed by atoms with Gasteiger partial charge in [0, 0.05) is 12.4 Å². The van der Waals surface area contributed by atoms with E-state index in [4.69, 9.17) is 4.52 Å². The van der Waals surface area contributed by atoms with Crippen LogP contribution in [0.1, 0.15) is 35.8 Å². The lowest BCUT2D eigenvalue weighted by Gasteiger charge is -2.03. The zero-order valence-electron chi connectivity index (χ0n) is 11.6. The minimum atomic E-state index is -0.305. The number of nitrogens with zero attached hydrogens (tertiary/aromatic N) is 4. The van der Waals surface area contributed by atoms with Crippen LogP contribution in [0.2, 0.25) is 0 Å². The first-order valence-electron chi connectivity index (χ1n) is 6.49. The van der Waals surface area contributed by atoms with E-state index in [-0.39, 0.29) is 11.8 Å². The number of carbonyl (C=O) groups is 1. The fourth-order valence-electron chi connectivity index (χ4n) is 1.95. The summed E-state index contributed by atoms with van der Waals surface area (Å²) in [7, 11) is 0. The van der Waals surface area contributed by atoms with Crippen LogP contribution in [0.3, 0.4) is 0 Å². The summed E-state index contributed by atoms with van der Waals surface area (Å²) in [6, 6.07) is 5.08. The van der Waals surface area contributed by atoms with Crippen LogP contribution in [-0.4, -0.2) is 26.2 Å². The molecule has 0 aliphatic carbocycles. The third-order valence-electron chi connectivity index (χ3n) is 2.98. The number of rotatable bonds is 3. The van der Waals surface area contributed by atoms with Crippen molar-refractivity contribution >= 4 is 22.8 Å². The molecule has 0 bridgehead atoms.